The highest BCUT2D eigenvalue weighted by Gasteiger charge is 2.28. The lowest BCUT2D eigenvalue weighted by molar-refractivity contribution is 0.241. The van der Waals surface area contributed by atoms with Crippen LogP contribution in [0.3, 0.4) is 0 Å². The van der Waals surface area contributed by atoms with Gasteiger partial charge in [-0.3, -0.25) is 4.90 Å². The summed E-state index contributed by atoms with van der Waals surface area (Å²) in [5.74, 6) is 0. The Bertz CT molecular complexity index is 341. The molecule has 5 heteroatoms. The van der Waals surface area contributed by atoms with Crippen LogP contribution in [0.4, 0.5) is 0 Å². The van der Waals surface area contributed by atoms with Crippen molar-refractivity contribution in [3.8, 4) is 0 Å². The fourth-order valence-electron chi connectivity index (χ4n) is 1.84. The molecule has 0 amide bonds. The third-order valence-electron chi connectivity index (χ3n) is 3.19. The van der Waals surface area contributed by atoms with Crippen molar-refractivity contribution < 1.29 is 0 Å². The first kappa shape index (κ1) is 15.4. The van der Waals surface area contributed by atoms with Crippen molar-refractivity contribution in [3.63, 3.8) is 0 Å². The Hall–Kier alpha value is 0.390. The second kappa shape index (κ2) is 7.10. The summed E-state index contributed by atoms with van der Waals surface area (Å²) >= 11 is 5.29. The zero-order chi connectivity index (χ0) is 11.5. The number of rotatable bonds is 6. The molecule has 1 fully saturated rings. The molecule has 1 unspecified atom stereocenters. The van der Waals surface area contributed by atoms with Crippen LogP contribution in [0.25, 0.3) is 0 Å². The van der Waals surface area contributed by atoms with E-state index in [2.05, 4.69) is 52.3 Å². The summed E-state index contributed by atoms with van der Waals surface area (Å²) in [4.78, 5) is 3.89. The van der Waals surface area contributed by atoms with Gasteiger partial charge in [-0.05, 0) is 54.9 Å². The van der Waals surface area contributed by atoms with Gasteiger partial charge in [0, 0.05) is 30.1 Å². The van der Waals surface area contributed by atoms with Crippen LogP contribution < -0.4 is 5.32 Å². The molecule has 0 aromatic carbocycles. The molecule has 1 heterocycles. The first-order valence-corrected chi connectivity index (χ1v) is 7.44. The molecule has 0 bridgehead atoms. The minimum atomic E-state index is 0. The number of hydrogen-bond acceptors (Lipinski definition) is 3. The number of nitrogens with zero attached hydrogens (tertiary/aromatic N) is 1. The molecule has 1 aliphatic rings. The SMILES string of the molecule is CC(CNCc1ccc(Br)s1)N(C)C1CC1.Cl. The summed E-state index contributed by atoms with van der Waals surface area (Å²) in [6.07, 6.45) is 2.78. The zero-order valence-corrected chi connectivity index (χ0v) is 13.5. The van der Waals surface area contributed by atoms with E-state index in [1.807, 2.05) is 11.3 Å². The van der Waals surface area contributed by atoms with Crippen LogP contribution >= 0.6 is 39.7 Å². The number of likely N-dealkylation sites (N-methyl/N-ethyl adjacent to an activating group) is 1. The lowest BCUT2D eigenvalue weighted by Gasteiger charge is -2.24. The second-order valence-corrected chi connectivity index (χ2v) is 7.13. The molecule has 1 aromatic rings. The first-order valence-electron chi connectivity index (χ1n) is 5.83. The highest BCUT2D eigenvalue weighted by Crippen LogP contribution is 2.26. The molecule has 2 nitrogen and oxygen atoms in total. The van der Waals surface area contributed by atoms with Gasteiger partial charge in [0.25, 0.3) is 0 Å². The van der Waals surface area contributed by atoms with Gasteiger partial charge in [0.1, 0.15) is 0 Å². The highest BCUT2D eigenvalue weighted by atomic mass is 79.9. The van der Waals surface area contributed by atoms with Crippen LogP contribution in [0.2, 0.25) is 0 Å². The number of nitrogens with one attached hydrogen (secondary N) is 1. The van der Waals surface area contributed by atoms with E-state index in [9.17, 15) is 0 Å². The third-order valence-corrected chi connectivity index (χ3v) is 4.81. The van der Waals surface area contributed by atoms with Gasteiger partial charge in [-0.25, -0.2) is 0 Å². The van der Waals surface area contributed by atoms with E-state index in [4.69, 9.17) is 0 Å². The van der Waals surface area contributed by atoms with Crippen LogP contribution in [0.1, 0.15) is 24.6 Å². The Morgan fingerprint density at radius 1 is 1.53 bits per heavy atom. The maximum Gasteiger partial charge on any atom is 0.0701 e. The average molecular weight is 340 g/mol. The Labute approximate surface area is 122 Å². The first-order chi connectivity index (χ1) is 7.66. The molecule has 0 aliphatic heterocycles. The van der Waals surface area contributed by atoms with E-state index in [1.54, 1.807) is 0 Å². The monoisotopic (exact) mass is 338 g/mol. The quantitative estimate of drug-likeness (QED) is 0.853. The van der Waals surface area contributed by atoms with Crippen molar-refractivity contribution in [1.82, 2.24) is 10.2 Å². The molecule has 1 aromatic heterocycles. The normalized spacial score (nSPS) is 16.9. The summed E-state index contributed by atoms with van der Waals surface area (Å²) in [5, 5.41) is 3.53. The van der Waals surface area contributed by atoms with Crippen molar-refractivity contribution in [2.75, 3.05) is 13.6 Å². The summed E-state index contributed by atoms with van der Waals surface area (Å²) in [7, 11) is 2.24. The van der Waals surface area contributed by atoms with Gasteiger partial charge in [-0.15, -0.1) is 23.7 Å². The standard InChI is InChI=1S/C12H19BrN2S.ClH/c1-9(15(2)10-3-4-10)7-14-8-11-5-6-12(13)16-11;/h5-6,9-10,14H,3-4,7-8H2,1-2H3;1H. The Morgan fingerprint density at radius 3 is 2.76 bits per heavy atom. The highest BCUT2D eigenvalue weighted by molar-refractivity contribution is 9.11. The molecule has 1 N–H and O–H groups in total. The van der Waals surface area contributed by atoms with Crippen molar-refractivity contribution in [2.24, 2.45) is 0 Å². The van der Waals surface area contributed by atoms with Gasteiger partial charge in [0.15, 0.2) is 0 Å². The molecule has 98 valence electrons. The number of thiophene rings is 1. The summed E-state index contributed by atoms with van der Waals surface area (Å²) in [5.41, 5.74) is 0. The van der Waals surface area contributed by atoms with Crippen LogP contribution in [-0.2, 0) is 6.54 Å². The molecule has 1 atom stereocenters. The molecule has 17 heavy (non-hydrogen) atoms. The molecule has 1 aliphatic carbocycles. The van der Waals surface area contributed by atoms with Gasteiger partial charge in [0.2, 0.25) is 0 Å². The van der Waals surface area contributed by atoms with Gasteiger partial charge < -0.3 is 5.32 Å². The molecule has 0 radical (unpaired) electrons. The minimum absolute atomic E-state index is 0. The largest absolute Gasteiger partial charge is 0.310 e. The maximum atomic E-state index is 3.53. The minimum Gasteiger partial charge on any atom is -0.310 e. The van der Waals surface area contributed by atoms with Crippen molar-refractivity contribution in [3.05, 3.63) is 20.8 Å². The number of hydrogen-bond donors (Lipinski definition) is 1. The van der Waals surface area contributed by atoms with Crippen LogP contribution in [0.5, 0.6) is 0 Å². The predicted molar refractivity (Wildman–Crippen MR) is 81.2 cm³/mol. The Morgan fingerprint density at radius 2 is 2.24 bits per heavy atom. The summed E-state index contributed by atoms with van der Waals surface area (Å²) < 4.78 is 1.22. The van der Waals surface area contributed by atoms with Crippen molar-refractivity contribution in [2.45, 2.75) is 38.4 Å². The third kappa shape index (κ3) is 4.87. The molecular formula is C12H20BrClN2S. The van der Waals surface area contributed by atoms with Crippen molar-refractivity contribution >= 4 is 39.7 Å². The van der Waals surface area contributed by atoms with Crippen LogP contribution in [-0.4, -0.2) is 30.6 Å². The number of halogens is 2. The lowest BCUT2D eigenvalue weighted by atomic mass is 10.3. The van der Waals surface area contributed by atoms with Gasteiger partial charge in [-0.1, -0.05) is 0 Å². The topological polar surface area (TPSA) is 15.3 Å². The maximum absolute atomic E-state index is 3.53. The van der Waals surface area contributed by atoms with Gasteiger partial charge >= 0.3 is 0 Å². The van der Waals surface area contributed by atoms with E-state index in [-0.39, 0.29) is 12.4 Å². The second-order valence-electron chi connectivity index (χ2n) is 4.58. The van der Waals surface area contributed by atoms with Crippen LogP contribution in [0, 0.1) is 0 Å². The van der Waals surface area contributed by atoms with Crippen molar-refractivity contribution in [1.29, 1.82) is 0 Å². The smallest absolute Gasteiger partial charge is 0.0701 e. The van der Waals surface area contributed by atoms with E-state index in [0.29, 0.717) is 6.04 Å². The fraction of sp³-hybridized carbons (Fsp3) is 0.667. The lowest BCUT2D eigenvalue weighted by Crippen LogP contribution is -2.38. The molecule has 2 rings (SSSR count). The zero-order valence-electron chi connectivity index (χ0n) is 10.3. The van der Waals surface area contributed by atoms with E-state index >= 15 is 0 Å². The Kier molecular flexibility index (Phi) is 6.45. The summed E-state index contributed by atoms with van der Waals surface area (Å²) in [6, 6.07) is 5.78. The Balaban J connectivity index is 0.00000144. The van der Waals surface area contributed by atoms with Gasteiger partial charge in [0.05, 0.1) is 3.79 Å². The fourth-order valence-corrected chi connectivity index (χ4v) is 3.29. The predicted octanol–water partition coefficient (Wildman–Crippen LogP) is 3.50. The molecule has 0 spiro atoms. The van der Waals surface area contributed by atoms with E-state index in [0.717, 1.165) is 19.1 Å². The molecular weight excluding hydrogens is 320 g/mol. The average Bonchev–Trinajstić information content (AvgIpc) is 3.02. The van der Waals surface area contributed by atoms with E-state index < -0.39 is 0 Å². The summed E-state index contributed by atoms with van der Waals surface area (Å²) in [6.45, 7) is 4.36. The molecule has 1 saturated carbocycles. The van der Waals surface area contributed by atoms with E-state index in [1.165, 1.54) is 21.5 Å². The molecule has 0 saturated heterocycles. The van der Waals surface area contributed by atoms with Gasteiger partial charge in [-0.2, -0.15) is 0 Å². The van der Waals surface area contributed by atoms with Crippen LogP contribution in [0.15, 0.2) is 15.9 Å².